The van der Waals surface area contributed by atoms with Gasteiger partial charge in [-0.25, -0.2) is 0 Å². The lowest BCUT2D eigenvalue weighted by atomic mass is 10.1. The fourth-order valence-corrected chi connectivity index (χ4v) is 1.24. The van der Waals surface area contributed by atoms with E-state index in [1.54, 1.807) is 12.1 Å². The van der Waals surface area contributed by atoms with Crippen molar-refractivity contribution in [2.45, 2.75) is 32.6 Å². The summed E-state index contributed by atoms with van der Waals surface area (Å²) >= 11 is 0. The number of phenols is 1. The highest BCUT2D eigenvalue weighted by atomic mass is 32.3. The fraction of sp³-hybridized carbons (Fsp3) is 0.455. The number of hydrogen-bond acceptors (Lipinski definition) is 4. The molecule has 0 atom stereocenters. The maximum Gasteiger partial charge on any atom is 0.394 e. The molecule has 0 spiro atoms. The molecule has 0 saturated carbocycles. The maximum atomic E-state index is 9.03. The summed E-state index contributed by atoms with van der Waals surface area (Å²) in [5, 5.41) is 9.03. The summed E-state index contributed by atoms with van der Waals surface area (Å²) in [4.78, 5) is 0. The second-order valence-electron chi connectivity index (χ2n) is 3.57. The summed E-state index contributed by atoms with van der Waals surface area (Å²) in [5.41, 5.74) is 1.32. The van der Waals surface area contributed by atoms with Crippen LogP contribution in [0.4, 0.5) is 0 Å². The van der Waals surface area contributed by atoms with Crippen molar-refractivity contribution in [1.82, 2.24) is 6.15 Å². The van der Waals surface area contributed by atoms with E-state index in [2.05, 4.69) is 6.92 Å². The molecule has 0 unspecified atom stereocenters. The minimum Gasteiger partial charge on any atom is -0.508 e. The summed E-state index contributed by atoms with van der Waals surface area (Å²) in [5.74, 6) is 0.356. The number of rotatable bonds is 4. The SMILES string of the molecule is CCCCCc1ccc(O)cc1.N.O=S(=O)(O)O. The maximum absolute atomic E-state index is 9.03. The molecule has 0 bridgehead atoms. The Labute approximate surface area is 108 Å². The first kappa shape index (κ1) is 19.2. The highest BCUT2D eigenvalue weighted by Crippen LogP contribution is 2.12. The van der Waals surface area contributed by atoms with Crippen LogP contribution in [0.5, 0.6) is 5.75 Å². The summed E-state index contributed by atoms with van der Waals surface area (Å²) in [6.45, 7) is 2.21. The molecule has 106 valence electrons. The molecule has 0 aliphatic rings. The third-order valence-electron chi connectivity index (χ3n) is 2.01. The van der Waals surface area contributed by atoms with Crippen LogP contribution in [0.2, 0.25) is 0 Å². The highest BCUT2D eigenvalue weighted by molar-refractivity contribution is 7.79. The van der Waals surface area contributed by atoms with Gasteiger partial charge in [0.15, 0.2) is 0 Å². The Morgan fingerprint density at radius 2 is 1.50 bits per heavy atom. The zero-order chi connectivity index (χ0) is 13.3. The lowest BCUT2D eigenvalue weighted by molar-refractivity contribution is 0.381. The van der Waals surface area contributed by atoms with E-state index in [-0.39, 0.29) is 6.15 Å². The van der Waals surface area contributed by atoms with Gasteiger partial charge in [0.05, 0.1) is 0 Å². The van der Waals surface area contributed by atoms with E-state index in [0.29, 0.717) is 5.75 Å². The number of aryl methyl sites for hydroxylation is 1. The van der Waals surface area contributed by atoms with Gasteiger partial charge in [-0.2, -0.15) is 8.42 Å². The van der Waals surface area contributed by atoms with Gasteiger partial charge >= 0.3 is 10.4 Å². The fourth-order valence-electron chi connectivity index (χ4n) is 1.24. The van der Waals surface area contributed by atoms with E-state index in [1.807, 2.05) is 12.1 Å². The van der Waals surface area contributed by atoms with E-state index >= 15 is 0 Å². The zero-order valence-electron chi connectivity index (χ0n) is 10.4. The van der Waals surface area contributed by atoms with Crippen LogP contribution in [0.3, 0.4) is 0 Å². The minimum absolute atomic E-state index is 0. The quantitative estimate of drug-likeness (QED) is 0.495. The molecule has 1 rings (SSSR count). The molecule has 0 aliphatic heterocycles. The molecule has 0 heterocycles. The molecule has 7 heteroatoms. The van der Waals surface area contributed by atoms with Crippen molar-refractivity contribution < 1.29 is 22.6 Å². The summed E-state index contributed by atoms with van der Waals surface area (Å²) in [6, 6.07) is 7.48. The van der Waals surface area contributed by atoms with Crippen LogP contribution >= 0.6 is 0 Å². The number of phenolic OH excluding ortho intramolecular Hbond substituents is 1. The first-order chi connectivity index (χ1) is 7.83. The van der Waals surface area contributed by atoms with Gasteiger partial charge in [0.25, 0.3) is 0 Å². The smallest absolute Gasteiger partial charge is 0.394 e. The summed E-state index contributed by atoms with van der Waals surface area (Å²) in [7, 11) is -4.67. The molecule has 0 radical (unpaired) electrons. The van der Waals surface area contributed by atoms with Gasteiger partial charge in [0.1, 0.15) is 5.75 Å². The van der Waals surface area contributed by atoms with Crippen LogP contribution in [0, 0.1) is 0 Å². The molecule has 1 aromatic rings. The average Bonchev–Trinajstić information content (AvgIpc) is 2.19. The molecule has 6 N–H and O–H groups in total. The Hall–Kier alpha value is -1.15. The Bertz CT molecular complexity index is 394. The van der Waals surface area contributed by atoms with Gasteiger partial charge in [-0.15, -0.1) is 0 Å². The Morgan fingerprint density at radius 3 is 1.89 bits per heavy atom. The standard InChI is InChI=1S/C11H16O.H3N.H2O4S/c1-2-3-4-5-10-6-8-11(12)9-7-10;;1-5(2,3)4/h6-9,12H,2-5H2,1H3;1H3;(H2,1,2,3,4). The predicted molar refractivity (Wildman–Crippen MR) is 70.5 cm³/mol. The van der Waals surface area contributed by atoms with E-state index < -0.39 is 10.4 Å². The zero-order valence-corrected chi connectivity index (χ0v) is 11.2. The lowest BCUT2D eigenvalue weighted by Gasteiger charge is -1.99. The molecule has 0 aromatic heterocycles. The minimum atomic E-state index is -4.67. The van der Waals surface area contributed by atoms with Crippen LogP contribution in [0.25, 0.3) is 0 Å². The van der Waals surface area contributed by atoms with Gasteiger partial charge < -0.3 is 11.3 Å². The molecule has 18 heavy (non-hydrogen) atoms. The molecular formula is C11H21NO5S. The Balaban J connectivity index is 0. The predicted octanol–water partition coefficient (Wildman–Crippen LogP) is 2.63. The second kappa shape index (κ2) is 9.84. The van der Waals surface area contributed by atoms with Crippen molar-refractivity contribution in [2.75, 3.05) is 0 Å². The van der Waals surface area contributed by atoms with Crippen LogP contribution < -0.4 is 6.15 Å². The number of unbranched alkanes of at least 4 members (excludes halogenated alkanes) is 2. The normalized spacial score (nSPS) is 9.94. The van der Waals surface area contributed by atoms with Crippen molar-refractivity contribution in [3.05, 3.63) is 29.8 Å². The third-order valence-corrected chi connectivity index (χ3v) is 2.01. The van der Waals surface area contributed by atoms with Crippen LogP contribution in [0.15, 0.2) is 24.3 Å². The molecule has 1 aromatic carbocycles. The Morgan fingerprint density at radius 1 is 1.06 bits per heavy atom. The van der Waals surface area contributed by atoms with E-state index in [9.17, 15) is 0 Å². The van der Waals surface area contributed by atoms with Gasteiger partial charge in [0.2, 0.25) is 0 Å². The van der Waals surface area contributed by atoms with E-state index in [0.717, 1.165) is 6.42 Å². The van der Waals surface area contributed by atoms with Gasteiger partial charge in [-0.1, -0.05) is 31.9 Å². The average molecular weight is 279 g/mol. The first-order valence-electron chi connectivity index (χ1n) is 5.30. The number of aromatic hydroxyl groups is 1. The van der Waals surface area contributed by atoms with Crippen molar-refractivity contribution >= 4 is 10.4 Å². The van der Waals surface area contributed by atoms with E-state index in [4.69, 9.17) is 22.6 Å². The summed E-state index contributed by atoms with van der Waals surface area (Å²) < 4.78 is 31.6. The largest absolute Gasteiger partial charge is 0.508 e. The third kappa shape index (κ3) is 14.9. The molecular weight excluding hydrogens is 258 g/mol. The van der Waals surface area contributed by atoms with Gasteiger partial charge in [-0.05, 0) is 30.5 Å². The van der Waals surface area contributed by atoms with E-state index in [1.165, 1.54) is 24.8 Å². The molecule has 0 amide bonds. The summed E-state index contributed by atoms with van der Waals surface area (Å²) in [6.07, 6.45) is 4.94. The van der Waals surface area contributed by atoms with Crippen molar-refractivity contribution in [3.63, 3.8) is 0 Å². The topological polar surface area (TPSA) is 130 Å². The molecule has 0 aliphatic carbocycles. The number of hydrogen-bond donors (Lipinski definition) is 4. The monoisotopic (exact) mass is 279 g/mol. The van der Waals surface area contributed by atoms with Gasteiger partial charge in [0, 0.05) is 0 Å². The lowest BCUT2D eigenvalue weighted by Crippen LogP contribution is -1.89. The van der Waals surface area contributed by atoms with Crippen molar-refractivity contribution in [3.8, 4) is 5.75 Å². The molecule has 0 saturated heterocycles. The first-order valence-corrected chi connectivity index (χ1v) is 6.70. The number of benzene rings is 1. The second-order valence-corrected chi connectivity index (χ2v) is 4.47. The molecule has 6 nitrogen and oxygen atoms in total. The van der Waals surface area contributed by atoms with Gasteiger partial charge in [-0.3, -0.25) is 9.11 Å². The van der Waals surface area contributed by atoms with Crippen molar-refractivity contribution in [1.29, 1.82) is 0 Å². The Kier molecular flexibility index (Phi) is 10.5. The van der Waals surface area contributed by atoms with Crippen LogP contribution in [0.1, 0.15) is 31.7 Å². The van der Waals surface area contributed by atoms with Crippen molar-refractivity contribution in [2.24, 2.45) is 0 Å². The highest BCUT2D eigenvalue weighted by Gasteiger charge is 1.92. The van der Waals surface area contributed by atoms with Crippen LogP contribution in [-0.2, 0) is 16.8 Å². The van der Waals surface area contributed by atoms with Crippen LogP contribution in [-0.4, -0.2) is 22.6 Å². The molecule has 0 fully saturated rings.